The molecule has 0 saturated carbocycles. The standard InChI is InChI=1S/C21H28N4O6/c1-5-20(18(26)27)15(10-22-30)23-12(4)21(19(28)29,9-11(2)3)17(20)13-7-6-8-14-16(13)25-31-24-14/h6-8,10-12,15,17,23,30H,5,9H2,1-4H3,(H,26,27)(H,28,29). The Kier molecular flexibility index (Phi) is 6.04. The van der Waals surface area contributed by atoms with Crippen molar-refractivity contribution in [2.45, 2.75) is 58.5 Å². The number of carboxylic acid groups (broad SMARTS) is 2. The van der Waals surface area contributed by atoms with E-state index in [0.717, 1.165) is 6.21 Å². The number of nitrogens with one attached hydrogen (secondary N) is 1. The fourth-order valence-corrected chi connectivity index (χ4v) is 5.51. The molecule has 2 heterocycles. The molecule has 1 aromatic heterocycles. The van der Waals surface area contributed by atoms with Gasteiger partial charge in [0.05, 0.1) is 23.1 Å². The topological polar surface area (TPSA) is 158 Å². The molecule has 5 unspecified atom stereocenters. The second-order valence-electron chi connectivity index (χ2n) is 8.69. The number of hydrogen-bond donors (Lipinski definition) is 4. The van der Waals surface area contributed by atoms with Gasteiger partial charge in [0.25, 0.3) is 0 Å². The molecule has 5 atom stereocenters. The van der Waals surface area contributed by atoms with Crippen molar-refractivity contribution >= 4 is 29.2 Å². The van der Waals surface area contributed by atoms with E-state index in [-0.39, 0.29) is 18.8 Å². The van der Waals surface area contributed by atoms with Gasteiger partial charge in [-0.3, -0.25) is 9.59 Å². The number of carboxylic acids is 2. The number of nitrogens with zero attached hydrogens (tertiary/aromatic N) is 3. The highest BCUT2D eigenvalue weighted by molar-refractivity contribution is 5.90. The summed E-state index contributed by atoms with van der Waals surface area (Å²) in [7, 11) is 0. The summed E-state index contributed by atoms with van der Waals surface area (Å²) in [4.78, 5) is 25.9. The SMILES string of the molecule is CCC1(C(=O)O)C(C=NO)NC(C)C(CC(C)C)(C(=O)O)C1c1cccc2nonc12. The molecule has 4 N–H and O–H groups in total. The summed E-state index contributed by atoms with van der Waals surface area (Å²) in [5.41, 5.74) is -1.95. The highest BCUT2D eigenvalue weighted by atomic mass is 16.6. The van der Waals surface area contributed by atoms with Crippen molar-refractivity contribution in [1.82, 2.24) is 15.6 Å². The van der Waals surface area contributed by atoms with E-state index in [9.17, 15) is 25.0 Å². The predicted molar refractivity (Wildman–Crippen MR) is 111 cm³/mol. The quantitative estimate of drug-likeness (QED) is 0.293. The van der Waals surface area contributed by atoms with Crippen molar-refractivity contribution < 1.29 is 29.6 Å². The fourth-order valence-electron chi connectivity index (χ4n) is 5.51. The minimum absolute atomic E-state index is 0.0381. The van der Waals surface area contributed by atoms with E-state index in [0.29, 0.717) is 16.6 Å². The number of oxime groups is 1. The maximum atomic E-state index is 13.0. The van der Waals surface area contributed by atoms with Gasteiger partial charge in [-0.1, -0.05) is 32.9 Å². The van der Waals surface area contributed by atoms with Crippen LogP contribution in [0.2, 0.25) is 0 Å². The van der Waals surface area contributed by atoms with E-state index < -0.39 is 40.8 Å². The van der Waals surface area contributed by atoms with E-state index in [1.807, 2.05) is 13.8 Å². The van der Waals surface area contributed by atoms with Crippen LogP contribution in [0.5, 0.6) is 0 Å². The lowest BCUT2D eigenvalue weighted by Crippen LogP contribution is -2.71. The average molecular weight is 432 g/mol. The third kappa shape index (κ3) is 3.25. The third-order valence-corrected chi connectivity index (χ3v) is 6.76. The molecule has 0 bridgehead atoms. The Hall–Kier alpha value is -3.01. The van der Waals surface area contributed by atoms with Gasteiger partial charge in [-0.15, -0.1) is 5.16 Å². The van der Waals surface area contributed by atoms with Crippen LogP contribution in [0.25, 0.3) is 11.0 Å². The maximum Gasteiger partial charge on any atom is 0.312 e. The summed E-state index contributed by atoms with van der Waals surface area (Å²) in [5.74, 6) is -3.34. The zero-order chi connectivity index (χ0) is 23.0. The van der Waals surface area contributed by atoms with Crippen LogP contribution in [-0.2, 0) is 9.59 Å². The van der Waals surface area contributed by atoms with E-state index in [1.54, 1.807) is 32.0 Å². The zero-order valence-corrected chi connectivity index (χ0v) is 17.9. The smallest absolute Gasteiger partial charge is 0.312 e. The van der Waals surface area contributed by atoms with Crippen molar-refractivity contribution in [3.05, 3.63) is 23.8 Å². The Labute approximate surface area is 179 Å². The van der Waals surface area contributed by atoms with Crippen molar-refractivity contribution in [3.8, 4) is 0 Å². The summed E-state index contributed by atoms with van der Waals surface area (Å²) in [5, 5.41) is 44.5. The van der Waals surface area contributed by atoms with Crippen LogP contribution in [-0.4, -0.2) is 56.0 Å². The summed E-state index contributed by atoms with van der Waals surface area (Å²) in [6.07, 6.45) is 1.43. The van der Waals surface area contributed by atoms with Gasteiger partial charge < -0.3 is 20.7 Å². The molecule has 1 fully saturated rings. The molecule has 1 aliphatic rings. The Morgan fingerprint density at radius 1 is 1.26 bits per heavy atom. The number of benzene rings is 1. The summed E-state index contributed by atoms with van der Waals surface area (Å²) in [6.45, 7) is 7.23. The van der Waals surface area contributed by atoms with E-state index in [2.05, 4.69) is 20.8 Å². The van der Waals surface area contributed by atoms with Crippen molar-refractivity contribution in [2.24, 2.45) is 21.9 Å². The molecule has 1 saturated heterocycles. The van der Waals surface area contributed by atoms with E-state index in [1.165, 1.54) is 0 Å². The predicted octanol–water partition coefficient (Wildman–Crippen LogP) is 2.72. The van der Waals surface area contributed by atoms with Gasteiger partial charge in [-0.05, 0) is 47.6 Å². The van der Waals surface area contributed by atoms with Crippen molar-refractivity contribution in [1.29, 1.82) is 0 Å². The first-order valence-electron chi connectivity index (χ1n) is 10.3. The second-order valence-corrected chi connectivity index (χ2v) is 8.69. The van der Waals surface area contributed by atoms with Gasteiger partial charge in [-0.25, -0.2) is 4.63 Å². The summed E-state index contributed by atoms with van der Waals surface area (Å²) < 4.78 is 4.89. The molecule has 3 rings (SSSR count). The molecule has 10 heteroatoms. The molecule has 168 valence electrons. The molecule has 0 radical (unpaired) electrons. The molecule has 0 aliphatic carbocycles. The lowest BCUT2D eigenvalue weighted by molar-refractivity contribution is -0.172. The van der Waals surface area contributed by atoms with Crippen LogP contribution in [0.4, 0.5) is 0 Å². The van der Waals surface area contributed by atoms with E-state index in [4.69, 9.17) is 4.63 Å². The van der Waals surface area contributed by atoms with E-state index >= 15 is 0 Å². The van der Waals surface area contributed by atoms with Crippen LogP contribution in [0.1, 0.15) is 52.0 Å². The monoisotopic (exact) mass is 432 g/mol. The molecular formula is C21H28N4O6. The van der Waals surface area contributed by atoms with Crippen LogP contribution in [0.15, 0.2) is 28.0 Å². The molecule has 10 nitrogen and oxygen atoms in total. The van der Waals surface area contributed by atoms with Gasteiger partial charge in [0.15, 0.2) is 0 Å². The molecule has 1 aromatic carbocycles. The van der Waals surface area contributed by atoms with Gasteiger partial charge in [0, 0.05) is 12.0 Å². The fraction of sp³-hybridized carbons (Fsp3) is 0.571. The summed E-state index contributed by atoms with van der Waals surface area (Å²) >= 11 is 0. The van der Waals surface area contributed by atoms with Crippen LogP contribution < -0.4 is 5.32 Å². The largest absolute Gasteiger partial charge is 0.481 e. The lowest BCUT2D eigenvalue weighted by Gasteiger charge is -2.57. The third-order valence-electron chi connectivity index (χ3n) is 6.76. The zero-order valence-electron chi connectivity index (χ0n) is 17.9. The number of fused-ring (bicyclic) bond motifs is 1. The minimum atomic E-state index is -1.64. The molecule has 31 heavy (non-hydrogen) atoms. The normalized spacial score (nSPS) is 31.5. The van der Waals surface area contributed by atoms with Crippen LogP contribution in [0.3, 0.4) is 0 Å². The second kappa shape index (κ2) is 8.26. The molecule has 2 aromatic rings. The number of piperidine rings is 1. The van der Waals surface area contributed by atoms with Gasteiger partial charge in [-0.2, -0.15) is 0 Å². The minimum Gasteiger partial charge on any atom is -0.481 e. The Bertz CT molecular complexity index is 1000. The average Bonchev–Trinajstić information content (AvgIpc) is 3.18. The van der Waals surface area contributed by atoms with Crippen molar-refractivity contribution in [3.63, 3.8) is 0 Å². The molecule has 1 aliphatic heterocycles. The first-order chi connectivity index (χ1) is 14.7. The Morgan fingerprint density at radius 2 is 1.94 bits per heavy atom. The number of carbonyl (C=O) groups is 2. The van der Waals surface area contributed by atoms with Crippen LogP contribution >= 0.6 is 0 Å². The van der Waals surface area contributed by atoms with Gasteiger partial charge >= 0.3 is 11.9 Å². The number of rotatable bonds is 7. The summed E-state index contributed by atoms with van der Waals surface area (Å²) in [6, 6.07) is 3.48. The Morgan fingerprint density at radius 3 is 2.48 bits per heavy atom. The highest BCUT2D eigenvalue weighted by Crippen LogP contribution is 2.59. The molecule has 0 spiro atoms. The lowest BCUT2D eigenvalue weighted by atomic mass is 9.49. The van der Waals surface area contributed by atoms with Crippen LogP contribution in [0, 0.1) is 16.7 Å². The van der Waals surface area contributed by atoms with Gasteiger partial charge in [0.1, 0.15) is 11.0 Å². The number of aromatic nitrogens is 2. The number of aliphatic carboxylic acids is 2. The first-order valence-corrected chi connectivity index (χ1v) is 10.3. The van der Waals surface area contributed by atoms with Gasteiger partial charge in [0.2, 0.25) is 0 Å². The number of hydrogen-bond acceptors (Lipinski definition) is 8. The Balaban J connectivity index is 2.47. The maximum absolute atomic E-state index is 13.0. The molecular weight excluding hydrogens is 404 g/mol. The molecule has 0 amide bonds. The highest BCUT2D eigenvalue weighted by Gasteiger charge is 2.67. The first kappa shape index (κ1) is 22.7. The van der Waals surface area contributed by atoms with Crippen molar-refractivity contribution in [2.75, 3.05) is 0 Å².